The Morgan fingerprint density at radius 2 is 1.27 bits per heavy atom. The third-order valence-electron chi connectivity index (χ3n) is 1.67. The van der Waals surface area contributed by atoms with Gasteiger partial charge in [-0.25, -0.2) is 4.79 Å². The van der Waals surface area contributed by atoms with Crippen molar-refractivity contribution >= 4 is 5.97 Å². The minimum Gasteiger partial charge on any atom is -0.478 e. The van der Waals surface area contributed by atoms with Crippen molar-refractivity contribution in [1.29, 1.82) is 0 Å². The van der Waals surface area contributed by atoms with Crippen LogP contribution in [-0.2, 0) is 4.79 Å². The maximum absolute atomic E-state index is 9.25. The Morgan fingerprint density at radius 3 is 1.36 bits per heavy atom. The summed E-state index contributed by atoms with van der Waals surface area (Å²) in [4.78, 5) is 9.25. The van der Waals surface area contributed by atoms with Gasteiger partial charge in [0, 0.05) is 6.08 Å². The molecule has 1 rings (SSSR count). The average Bonchev–Trinajstić information content (AvgIpc) is 2.09. The zero-order valence-electron chi connectivity index (χ0n) is 6.88. The normalized spacial score (nSPS) is 16.0. The molecule has 11 heavy (non-hydrogen) atoms. The summed E-state index contributed by atoms with van der Waals surface area (Å²) in [7, 11) is 0. The van der Waals surface area contributed by atoms with Crippen LogP contribution in [-0.4, -0.2) is 11.1 Å². The molecule has 2 nitrogen and oxygen atoms in total. The molecule has 0 aromatic rings. The van der Waals surface area contributed by atoms with Crippen LogP contribution < -0.4 is 0 Å². The molecule has 1 aliphatic rings. The van der Waals surface area contributed by atoms with E-state index in [1.807, 2.05) is 0 Å². The van der Waals surface area contributed by atoms with Crippen LogP contribution in [0.3, 0.4) is 0 Å². The quantitative estimate of drug-likeness (QED) is 0.592. The van der Waals surface area contributed by atoms with Gasteiger partial charge in [0.25, 0.3) is 0 Å². The molecule has 0 spiro atoms. The molecule has 64 valence electrons. The molecule has 0 aliphatic heterocycles. The molecule has 0 bridgehead atoms. The number of aliphatic carboxylic acids is 1. The molecule has 1 fully saturated rings. The van der Waals surface area contributed by atoms with Crippen molar-refractivity contribution in [1.82, 2.24) is 0 Å². The van der Waals surface area contributed by atoms with E-state index in [1.165, 1.54) is 38.5 Å². The van der Waals surface area contributed by atoms with Gasteiger partial charge < -0.3 is 5.11 Å². The van der Waals surface area contributed by atoms with Gasteiger partial charge in [0.05, 0.1) is 0 Å². The number of carbonyl (C=O) groups is 1. The molecular formula is C9H16O2. The molecule has 0 radical (unpaired) electrons. The molecule has 2 heteroatoms. The molecule has 1 saturated carbocycles. The summed E-state index contributed by atoms with van der Waals surface area (Å²) in [5.74, 6) is -0.981. The fourth-order valence-electron chi connectivity index (χ4n) is 1.06. The van der Waals surface area contributed by atoms with E-state index < -0.39 is 5.97 Å². The zero-order valence-corrected chi connectivity index (χ0v) is 6.88. The van der Waals surface area contributed by atoms with Crippen LogP contribution in [0.2, 0.25) is 0 Å². The van der Waals surface area contributed by atoms with Crippen molar-refractivity contribution < 1.29 is 9.90 Å². The molecule has 1 aliphatic carbocycles. The molecular weight excluding hydrogens is 140 g/mol. The monoisotopic (exact) mass is 156 g/mol. The van der Waals surface area contributed by atoms with Gasteiger partial charge in [-0.15, -0.1) is 0 Å². The number of rotatable bonds is 1. The summed E-state index contributed by atoms with van der Waals surface area (Å²) < 4.78 is 0. The lowest BCUT2D eigenvalue weighted by Gasteiger charge is -2.05. The van der Waals surface area contributed by atoms with E-state index in [-0.39, 0.29) is 0 Å². The first kappa shape index (κ1) is 10.2. The van der Waals surface area contributed by atoms with Crippen LogP contribution in [0.25, 0.3) is 0 Å². The first-order chi connectivity index (χ1) is 5.27. The Balaban J connectivity index is 0.000000187. The second-order valence-electron chi connectivity index (χ2n) is 2.66. The molecule has 0 unspecified atom stereocenters. The van der Waals surface area contributed by atoms with Gasteiger partial charge >= 0.3 is 5.97 Å². The average molecular weight is 156 g/mol. The number of hydrogen-bond acceptors (Lipinski definition) is 1. The predicted octanol–water partition coefficient (Wildman–Crippen LogP) is 2.60. The minimum atomic E-state index is -0.981. The summed E-state index contributed by atoms with van der Waals surface area (Å²) in [6.45, 7) is 2.96. The predicted molar refractivity (Wildman–Crippen MR) is 45.5 cm³/mol. The standard InChI is InChI=1S/C6H12.C3H4O2/c1-2-4-6-5-3-1;1-2-3(4)5/h1-6H2;2H,1H2,(H,4,5). The second-order valence-corrected chi connectivity index (χ2v) is 2.66. The van der Waals surface area contributed by atoms with Gasteiger partial charge in [0.2, 0.25) is 0 Å². The van der Waals surface area contributed by atoms with Gasteiger partial charge in [0.15, 0.2) is 0 Å². The number of hydrogen-bond donors (Lipinski definition) is 1. The first-order valence-electron chi connectivity index (χ1n) is 4.12. The van der Waals surface area contributed by atoms with Crippen molar-refractivity contribution in [3.8, 4) is 0 Å². The Kier molecular flexibility index (Phi) is 6.79. The first-order valence-corrected chi connectivity index (χ1v) is 4.12. The molecule has 0 saturated heterocycles. The van der Waals surface area contributed by atoms with Crippen molar-refractivity contribution in [3.05, 3.63) is 12.7 Å². The van der Waals surface area contributed by atoms with Gasteiger partial charge in [-0.3, -0.25) is 0 Å². The van der Waals surface area contributed by atoms with Crippen molar-refractivity contribution in [2.45, 2.75) is 38.5 Å². The summed E-state index contributed by atoms with van der Waals surface area (Å²) >= 11 is 0. The van der Waals surface area contributed by atoms with Gasteiger partial charge in [-0.2, -0.15) is 0 Å². The maximum Gasteiger partial charge on any atom is 0.327 e. The van der Waals surface area contributed by atoms with Crippen LogP contribution in [0, 0.1) is 0 Å². The fraction of sp³-hybridized carbons (Fsp3) is 0.667. The third-order valence-corrected chi connectivity index (χ3v) is 1.67. The highest BCUT2D eigenvalue weighted by Gasteiger charge is 1.95. The van der Waals surface area contributed by atoms with Crippen molar-refractivity contribution in [3.63, 3.8) is 0 Å². The lowest BCUT2D eigenvalue weighted by atomic mass is 10.0. The van der Waals surface area contributed by atoms with E-state index in [0.717, 1.165) is 6.08 Å². The highest BCUT2D eigenvalue weighted by atomic mass is 16.4. The fourth-order valence-corrected chi connectivity index (χ4v) is 1.06. The van der Waals surface area contributed by atoms with Crippen LogP contribution in [0.1, 0.15) is 38.5 Å². The molecule has 0 atom stereocenters. The Hall–Kier alpha value is -0.790. The van der Waals surface area contributed by atoms with Crippen LogP contribution in [0.15, 0.2) is 12.7 Å². The number of carboxylic acids is 1. The number of carboxylic acid groups (broad SMARTS) is 1. The summed E-state index contributed by atoms with van der Waals surface area (Å²) in [5, 5.41) is 7.60. The second kappa shape index (κ2) is 7.32. The summed E-state index contributed by atoms with van der Waals surface area (Å²) in [6.07, 6.45) is 9.83. The summed E-state index contributed by atoms with van der Waals surface area (Å²) in [6, 6.07) is 0. The van der Waals surface area contributed by atoms with E-state index in [2.05, 4.69) is 6.58 Å². The lowest BCUT2D eigenvalue weighted by molar-refractivity contribution is -0.131. The Labute approximate surface area is 67.9 Å². The maximum atomic E-state index is 9.25. The highest BCUT2D eigenvalue weighted by Crippen LogP contribution is 2.15. The van der Waals surface area contributed by atoms with Crippen molar-refractivity contribution in [2.24, 2.45) is 0 Å². The van der Waals surface area contributed by atoms with E-state index in [0.29, 0.717) is 0 Å². The van der Waals surface area contributed by atoms with E-state index in [1.54, 1.807) is 0 Å². The Bertz CT molecular complexity index is 103. The van der Waals surface area contributed by atoms with Gasteiger partial charge in [0.1, 0.15) is 0 Å². The third kappa shape index (κ3) is 9.21. The van der Waals surface area contributed by atoms with E-state index in [4.69, 9.17) is 5.11 Å². The topological polar surface area (TPSA) is 37.3 Å². The molecule has 1 N–H and O–H groups in total. The molecule has 0 amide bonds. The smallest absolute Gasteiger partial charge is 0.327 e. The van der Waals surface area contributed by atoms with Crippen molar-refractivity contribution in [2.75, 3.05) is 0 Å². The molecule has 0 aromatic carbocycles. The largest absolute Gasteiger partial charge is 0.478 e. The van der Waals surface area contributed by atoms with Gasteiger partial charge in [-0.05, 0) is 0 Å². The van der Waals surface area contributed by atoms with E-state index >= 15 is 0 Å². The van der Waals surface area contributed by atoms with Gasteiger partial charge in [-0.1, -0.05) is 45.1 Å². The van der Waals surface area contributed by atoms with Crippen LogP contribution >= 0.6 is 0 Å². The zero-order chi connectivity index (χ0) is 8.53. The summed E-state index contributed by atoms with van der Waals surface area (Å²) in [5.41, 5.74) is 0. The highest BCUT2D eigenvalue weighted by molar-refractivity contribution is 5.78. The molecule has 0 aromatic heterocycles. The SMILES string of the molecule is C1CCCCC1.C=CC(=O)O. The van der Waals surface area contributed by atoms with Crippen LogP contribution in [0.4, 0.5) is 0 Å². The van der Waals surface area contributed by atoms with Crippen LogP contribution in [0.5, 0.6) is 0 Å². The Morgan fingerprint density at radius 1 is 1.09 bits per heavy atom. The molecule has 0 heterocycles. The van der Waals surface area contributed by atoms with E-state index in [9.17, 15) is 4.79 Å². The minimum absolute atomic E-state index is 0.833. The lowest BCUT2D eigenvalue weighted by Crippen LogP contribution is -1.85.